The summed E-state index contributed by atoms with van der Waals surface area (Å²) in [6.45, 7) is 5.34. The van der Waals surface area contributed by atoms with Gasteiger partial charge in [0.15, 0.2) is 0 Å². The Bertz CT molecular complexity index is 1010. The van der Waals surface area contributed by atoms with Crippen LogP contribution in [-0.4, -0.2) is 33.2 Å². The molecule has 0 spiro atoms. The Hall–Kier alpha value is -3.35. The predicted octanol–water partition coefficient (Wildman–Crippen LogP) is 3.65. The molecule has 0 radical (unpaired) electrons. The van der Waals surface area contributed by atoms with E-state index in [9.17, 15) is 9.59 Å². The third-order valence-corrected chi connectivity index (χ3v) is 4.34. The van der Waals surface area contributed by atoms with Gasteiger partial charge < -0.3 is 19.9 Å². The lowest BCUT2D eigenvalue weighted by Crippen LogP contribution is -2.47. The van der Waals surface area contributed by atoms with E-state index in [2.05, 4.69) is 15.6 Å². The molecule has 0 unspecified atom stereocenters. The number of rotatable bonds is 5. The van der Waals surface area contributed by atoms with Crippen molar-refractivity contribution in [2.75, 3.05) is 5.32 Å². The first-order valence-electron chi connectivity index (χ1n) is 9.46. The third-order valence-electron chi connectivity index (χ3n) is 4.34. The number of alkyl carbamates (subject to hydrolysis) is 1. The van der Waals surface area contributed by atoms with Gasteiger partial charge >= 0.3 is 6.09 Å². The van der Waals surface area contributed by atoms with Crippen LogP contribution < -0.4 is 10.6 Å². The van der Waals surface area contributed by atoms with E-state index in [4.69, 9.17) is 4.74 Å². The molecule has 1 atom stereocenters. The van der Waals surface area contributed by atoms with Crippen molar-refractivity contribution >= 4 is 28.6 Å². The number of para-hydroxylation sites is 1. The standard InChI is InChI=1S/C22H26N4O3/c1-22(2,3)29-21(28)25-18(20(27)24-16-8-7-11-23-13-16)12-15-14-26(4)19-10-6-5-9-17(15)19/h5-11,13-14,18H,12H2,1-4H3,(H,24,27)(H,25,28)/t18-/m1/s1. The molecule has 2 N–H and O–H groups in total. The first-order chi connectivity index (χ1) is 13.7. The van der Waals surface area contributed by atoms with Crippen LogP contribution >= 0.6 is 0 Å². The summed E-state index contributed by atoms with van der Waals surface area (Å²) >= 11 is 0. The molecular weight excluding hydrogens is 368 g/mol. The van der Waals surface area contributed by atoms with Crippen LogP contribution in [0.1, 0.15) is 26.3 Å². The van der Waals surface area contributed by atoms with Gasteiger partial charge in [-0.1, -0.05) is 18.2 Å². The Labute approximate surface area is 170 Å². The minimum absolute atomic E-state index is 0.326. The van der Waals surface area contributed by atoms with Crippen LogP contribution in [0.5, 0.6) is 0 Å². The van der Waals surface area contributed by atoms with Crippen LogP contribution in [0.25, 0.3) is 10.9 Å². The molecule has 0 aliphatic heterocycles. The van der Waals surface area contributed by atoms with Gasteiger partial charge in [-0.2, -0.15) is 0 Å². The lowest BCUT2D eigenvalue weighted by atomic mass is 10.0. The van der Waals surface area contributed by atoms with Crippen LogP contribution in [0, 0.1) is 0 Å². The Morgan fingerprint density at radius 2 is 1.93 bits per heavy atom. The zero-order valence-electron chi connectivity index (χ0n) is 17.1. The summed E-state index contributed by atoms with van der Waals surface area (Å²) in [4.78, 5) is 29.3. The number of benzene rings is 1. The zero-order valence-corrected chi connectivity index (χ0v) is 17.1. The lowest BCUT2D eigenvalue weighted by Gasteiger charge is -2.23. The Morgan fingerprint density at radius 3 is 2.62 bits per heavy atom. The van der Waals surface area contributed by atoms with Gasteiger partial charge in [-0.15, -0.1) is 0 Å². The van der Waals surface area contributed by atoms with Gasteiger partial charge in [0.2, 0.25) is 5.91 Å². The van der Waals surface area contributed by atoms with Gasteiger partial charge in [-0.05, 0) is 44.5 Å². The fourth-order valence-electron chi connectivity index (χ4n) is 3.13. The average Bonchev–Trinajstić information content (AvgIpc) is 2.96. The number of nitrogens with one attached hydrogen (secondary N) is 2. The number of nitrogens with zero attached hydrogens (tertiary/aromatic N) is 2. The van der Waals surface area contributed by atoms with Crippen molar-refractivity contribution in [2.24, 2.45) is 7.05 Å². The molecule has 29 heavy (non-hydrogen) atoms. The molecule has 3 rings (SSSR count). The number of anilines is 1. The van der Waals surface area contributed by atoms with Crippen molar-refractivity contribution in [2.45, 2.75) is 38.8 Å². The van der Waals surface area contributed by atoms with Crippen molar-refractivity contribution in [1.29, 1.82) is 0 Å². The van der Waals surface area contributed by atoms with Gasteiger partial charge in [0, 0.05) is 36.8 Å². The molecule has 3 aromatic rings. The molecular formula is C22H26N4O3. The van der Waals surface area contributed by atoms with Crippen LogP contribution in [-0.2, 0) is 23.0 Å². The summed E-state index contributed by atoms with van der Waals surface area (Å²) in [6.07, 6.45) is 4.85. The van der Waals surface area contributed by atoms with E-state index >= 15 is 0 Å². The average molecular weight is 394 g/mol. The second kappa shape index (κ2) is 8.34. The van der Waals surface area contributed by atoms with Gasteiger partial charge in [0.05, 0.1) is 11.9 Å². The number of carbonyl (C=O) groups is 2. The highest BCUT2D eigenvalue weighted by atomic mass is 16.6. The minimum atomic E-state index is -0.809. The molecule has 0 fully saturated rings. The normalized spacial score (nSPS) is 12.4. The first-order valence-corrected chi connectivity index (χ1v) is 9.46. The van der Waals surface area contributed by atoms with Crippen molar-refractivity contribution < 1.29 is 14.3 Å². The Morgan fingerprint density at radius 1 is 1.17 bits per heavy atom. The van der Waals surface area contributed by atoms with Crippen LogP contribution in [0.2, 0.25) is 0 Å². The molecule has 152 valence electrons. The number of aryl methyl sites for hydroxylation is 1. The second-order valence-corrected chi connectivity index (χ2v) is 7.92. The quantitative estimate of drug-likeness (QED) is 0.692. The predicted molar refractivity (Wildman–Crippen MR) is 113 cm³/mol. The molecule has 0 aliphatic carbocycles. The van der Waals surface area contributed by atoms with Crippen molar-refractivity contribution in [3.8, 4) is 0 Å². The summed E-state index contributed by atoms with van der Waals surface area (Å²) in [7, 11) is 1.96. The number of hydrogen-bond donors (Lipinski definition) is 2. The van der Waals surface area contributed by atoms with E-state index in [1.54, 1.807) is 45.3 Å². The number of amides is 2. The maximum atomic E-state index is 12.9. The highest BCUT2D eigenvalue weighted by Gasteiger charge is 2.26. The van der Waals surface area contributed by atoms with Gasteiger partial charge in [0.25, 0.3) is 0 Å². The maximum Gasteiger partial charge on any atom is 0.408 e. The Balaban J connectivity index is 1.85. The number of carbonyl (C=O) groups excluding carboxylic acids is 2. The van der Waals surface area contributed by atoms with Crippen LogP contribution in [0.4, 0.5) is 10.5 Å². The molecule has 7 heteroatoms. The fraction of sp³-hybridized carbons (Fsp3) is 0.318. The summed E-state index contributed by atoms with van der Waals surface area (Å²) in [5.74, 6) is -0.336. The van der Waals surface area contributed by atoms with Crippen LogP contribution in [0.3, 0.4) is 0 Å². The molecule has 0 bridgehead atoms. The van der Waals surface area contributed by atoms with Gasteiger partial charge in [-0.25, -0.2) is 4.79 Å². The van der Waals surface area contributed by atoms with Crippen molar-refractivity contribution in [3.63, 3.8) is 0 Å². The topological polar surface area (TPSA) is 85.2 Å². The minimum Gasteiger partial charge on any atom is -0.444 e. The molecule has 0 saturated heterocycles. The lowest BCUT2D eigenvalue weighted by molar-refractivity contribution is -0.118. The van der Waals surface area contributed by atoms with E-state index in [1.807, 2.05) is 42.1 Å². The van der Waals surface area contributed by atoms with Crippen LogP contribution in [0.15, 0.2) is 55.0 Å². The van der Waals surface area contributed by atoms with E-state index in [0.717, 1.165) is 16.5 Å². The smallest absolute Gasteiger partial charge is 0.408 e. The Kier molecular flexibility index (Phi) is 5.87. The van der Waals surface area contributed by atoms with Crippen molar-refractivity contribution in [3.05, 3.63) is 60.6 Å². The molecule has 1 aromatic carbocycles. The molecule has 0 saturated carbocycles. The summed E-state index contributed by atoms with van der Waals surface area (Å²) in [5, 5.41) is 6.56. The number of aromatic nitrogens is 2. The highest BCUT2D eigenvalue weighted by molar-refractivity contribution is 5.97. The molecule has 0 aliphatic rings. The summed E-state index contributed by atoms with van der Waals surface area (Å²) < 4.78 is 7.36. The molecule has 2 amide bonds. The third kappa shape index (κ3) is 5.34. The van der Waals surface area contributed by atoms with Gasteiger partial charge in [-0.3, -0.25) is 9.78 Å². The van der Waals surface area contributed by atoms with E-state index in [-0.39, 0.29) is 5.91 Å². The molecule has 2 aromatic heterocycles. The maximum absolute atomic E-state index is 12.9. The summed E-state index contributed by atoms with van der Waals surface area (Å²) in [6, 6.07) is 10.6. The van der Waals surface area contributed by atoms with E-state index < -0.39 is 17.7 Å². The largest absolute Gasteiger partial charge is 0.444 e. The van der Waals surface area contributed by atoms with Crippen molar-refractivity contribution in [1.82, 2.24) is 14.9 Å². The summed E-state index contributed by atoms with van der Waals surface area (Å²) in [5.41, 5.74) is 1.93. The zero-order chi connectivity index (χ0) is 21.0. The second-order valence-electron chi connectivity index (χ2n) is 7.92. The number of pyridine rings is 1. The molecule has 2 heterocycles. The van der Waals surface area contributed by atoms with Gasteiger partial charge in [0.1, 0.15) is 11.6 Å². The van der Waals surface area contributed by atoms with E-state index in [1.165, 1.54) is 0 Å². The van der Waals surface area contributed by atoms with E-state index in [0.29, 0.717) is 12.1 Å². The monoisotopic (exact) mass is 394 g/mol. The highest BCUT2D eigenvalue weighted by Crippen LogP contribution is 2.22. The first kappa shape index (κ1) is 20.4. The SMILES string of the molecule is Cn1cc(C[C@@H](NC(=O)OC(C)(C)C)C(=O)Nc2cccnc2)c2ccccc21. The number of hydrogen-bond acceptors (Lipinski definition) is 4. The fourth-order valence-corrected chi connectivity index (χ4v) is 3.13. The number of ether oxygens (including phenoxy) is 1. The molecule has 7 nitrogen and oxygen atoms in total. The number of fused-ring (bicyclic) bond motifs is 1.